The maximum atomic E-state index is 12.1. The van der Waals surface area contributed by atoms with Crippen LogP contribution in [-0.2, 0) is 4.79 Å². The lowest BCUT2D eigenvalue weighted by Crippen LogP contribution is -2.63. The van der Waals surface area contributed by atoms with Gasteiger partial charge in [0, 0.05) is 31.7 Å². The van der Waals surface area contributed by atoms with Crippen molar-refractivity contribution in [1.82, 2.24) is 14.9 Å². The number of benzene rings is 1. The first-order valence-corrected chi connectivity index (χ1v) is 11.7. The quantitative estimate of drug-likeness (QED) is 0.411. The Morgan fingerprint density at radius 3 is 2.59 bits per heavy atom. The van der Waals surface area contributed by atoms with Crippen molar-refractivity contribution in [3.8, 4) is 5.75 Å². The number of carbonyl (C=O) groups is 1. The second-order valence-corrected chi connectivity index (χ2v) is 9.79. The van der Waals surface area contributed by atoms with E-state index in [4.69, 9.17) is 16.3 Å². The first kappa shape index (κ1) is 24.1. The van der Waals surface area contributed by atoms with Gasteiger partial charge in [-0.2, -0.15) is 4.98 Å². The molecule has 10 heteroatoms. The molecule has 0 aliphatic heterocycles. The monoisotopic (exact) mass is 485 g/mol. The molecular formula is C24H32ClN7O2. The summed E-state index contributed by atoms with van der Waals surface area (Å²) >= 11 is 6.36. The summed E-state index contributed by atoms with van der Waals surface area (Å²) in [7, 11) is 7.61. The second kappa shape index (κ2) is 9.68. The molecule has 3 saturated carbocycles. The highest BCUT2D eigenvalue weighted by molar-refractivity contribution is 6.32. The summed E-state index contributed by atoms with van der Waals surface area (Å²) in [4.78, 5) is 25.3. The van der Waals surface area contributed by atoms with E-state index in [9.17, 15) is 4.79 Å². The van der Waals surface area contributed by atoms with Crippen molar-refractivity contribution in [3.63, 3.8) is 0 Å². The van der Waals surface area contributed by atoms with Gasteiger partial charge in [0.15, 0.2) is 5.82 Å². The largest absolute Gasteiger partial charge is 0.494 e. The summed E-state index contributed by atoms with van der Waals surface area (Å²) in [5.41, 5.74) is 2.20. The highest BCUT2D eigenvalue weighted by Crippen LogP contribution is 2.58. The molecule has 5 rings (SSSR count). The number of aromatic nitrogens is 2. The molecule has 1 aromatic heterocycles. The van der Waals surface area contributed by atoms with Gasteiger partial charge in [0.05, 0.1) is 30.4 Å². The maximum Gasteiger partial charge on any atom is 0.247 e. The minimum atomic E-state index is -0.300. The van der Waals surface area contributed by atoms with E-state index >= 15 is 0 Å². The van der Waals surface area contributed by atoms with E-state index < -0.39 is 0 Å². The zero-order chi connectivity index (χ0) is 24.5. The summed E-state index contributed by atoms with van der Waals surface area (Å²) in [6.07, 6.45) is 6.32. The first-order chi connectivity index (χ1) is 16.2. The summed E-state index contributed by atoms with van der Waals surface area (Å²) < 4.78 is 5.66. The van der Waals surface area contributed by atoms with Gasteiger partial charge in [-0.1, -0.05) is 18.2 Å². The topological polar surface area (TPSA) is 94.6 Å². The van der Waals surface area contributed by atoms with Crippen LogP contribution in [0.1, 0.15) is 19.3 Å². The van der Waals surface area contributed by atoms with Gasteiger partial charge in [0.1, 0.15) is 10.8 Å². The Morgan fingerprint density at radius 2 is 2.00 bits per heavy atom. The fourth-order valence-electron chi connectivity index (χ4n) is 4.42. The maximum absolute atomic E-state index is 12.1. The molecular weight excluding hydrogens is 454 g/mol. The molecule has 3 aliphatic rings. The standard InChI is InChI=1S/C24H32ClN7O2/c1-6-21(33)27-17-9-18(20(34-5)10-19(17)32(4)8-7-31(2)3)28-23-26-14-16(25)22(29-23)30-24-11-15(12-24)13-24/h6,9-10,14-15H,1,7-8,11-13H2,2-5H3,(H,27,33)(H2,26,28,29,30). The number of halogens is 1. The number of ether oxygens (including phenoxy) is 1. The van der Waals surface area contributed by atoms with Crippen LogP contribution in [0.25, 0.3) is 0 Å². The molecule has 0 atom stereocenters. The zero-order valence-corrected chi connectivity index (χ0v) is 20.9. The fraction of sp³-hybridized carbons (Fsp3) is 0.458. The van der Waals surface area contributed by atoms with Gasteiger partial charge in [0.2, 0.25) is 11.9 Å². The van der Waals surface area contributed by atoms with Gasteiger partial charge < -0.3 is 30.5 Å². The van der Waals surface area contributed by atoms with Gasteiger partial charge in [-0.15, -0.1) is 0 Å². The van der Waals surface area contributed by atoms with E-state index in [-0.39, 0.29) is 11.4 Å². The lowest BCUT2D eigenvalue weighted by Gasteiger charge is -2.62. The molecule has 0 unspecified atom stereocenters. The molecule has 0 spiro atoms. The predicted molar refractivity (Wildman–Crippen MR) is 138 cm³/mol. The number of methoxy groups -OCH3 is 1. The Labute approximate surface area is 205 Å². The van der Waals surface area contributed by atoms with Crippen molar-refractivity contribution >= 4 is 46.3 Å². The van der Waals surface area contributed by atoms with Crippen molar-refractivity contribution in [2.24, 2.45) is 5.92 Å². The summed E-state index contributed by atoms with van der Waals surface area (Å²) in [5.74, 6) is 2.14. The molecule has 1 amide bonds. The summed E-state index contributed by atoms with van der Waals surface area (Å²) in [5, 5.41) is 10.1. The number of rotatable bonds is 11. The van der Waals surface area contributed by atoms with Crippen LogP contribution in [0, 0.1) is 5.92 Å². The third kappa shape index (κ3) is 5.05. The lowest BCUT2D eigenvalue weighted by atomic mass is 9.50. The van der Waals surface area contributed by atoms with E-state index in [1.54, 1.807) is 13.3 Å². The number of anilines is 5. The first-order valence-electron chi connectivity index (χ1n) is 11.3. The molecule has 9 nitrogen and oxygen atoms in total. The van der Waals surface area contributed by atoms with E-state index in [0.717, 1.165) is 24.7 Å². The van der Waals surface area contributed by atoms with E-state index in [0.29, 0.717) is 33.9 Å². The zero-order valence-electron chi connectivity index (χ0n) is 20.1. The molecule has 3 fully saturated rings. The number of carbonyl (C=O) groups excluding carboxylic acids is 1. The van der Waals surface area contributed by atoms with Crippen LogP contribution in [0.2, 0.25) is 5.02 Å². The number of amides is 1. The summed E-state index contributed by atoms with van der Waals surface area (Å²) in [6, 6.07) is 3.70. The molecule has 1 aromatic carbocycles. The molecule has 2 bridgehead atoms. The van der Waals surface area contributed by atoms with Crippen molar-refractivity contribution in [2.75, 3.05) is 62.2 Å². The highest BCUT2D eigenvalue weighted by atomic mass is 35.5. The van der Waals surface area contributed by atoms with Gasteiger partial charge >= 0.3 is 0 Å². The van der Waals surface area contributed by atoms with Crippen LogP contribution in [0.5, 0.6) is 5.75 Å². The molecule has 2 aromatic rings. The molecule has 34 heavy (non-hydrogen) atoms. The molecule has 3 aliphatic carbocycles. The third-order valence-corrected chi connectivity index (χ3v) is 6.74. The molecule has 3 N–H and O–H groups in total. The molecule has 182 valence electrons. The van der Waals surface area contributed by atoms with Gasteiger partial charge in [-0.25, -0.2) is 4.98 Å². The lowest BCUT2D eigenvalue weighted by molar-refractivity contribution is -0.111. The van der Waals surface area contributed by atoms with Crippen molar-refractivity contribution in [3.05, 3.63) is 36.0 Å². The Kier molecular flexibility index (Phi) is 6.86. The Morgan fingerprint density at radius 1 is 1.26 bits per heavy atom. The van der Waals surface area contributed by atoms with Crippen LogP contribution in [0.4, 0.5) is 28.8 Å². The van der Waals surface area contributed by atoms with Crippen LogP contribution in [0.3, 0.4) is 0 Å². The smallest absolute Gasteiger partial charge is 0.247 e. The number of hydrogen-bond donors (Lipinski definition) is 3. The van der Waals surface area contributed by atoms with E-state index in [2.05, 4.69) is 42.3 Å². The number of hydrogen-bond acceptors (Lipinski definition) is 8. The van der Waals surface area contributed by atoms with E-state index in [1.807, 2.05) is 33.3 Å². The fourth-order valence-corrected chi connectivity index (χ4v) is 4.56. The van der Waals surface area contributed by atoms with Crippen LogP contribution in [-0.4, -0.2) is 67.7 Å². The second-order valence-electron chi connectivity index (χ2n) is 9.39. The molecule has 0 radical (unpaired) electrons. The predicted octanol–water partition coefficient (Wildman–Crippen LogP) is 3.97. The van der Waals surface area contributed by atoms with Crippen LogP contribution >= 0.6 is 11.6 Å². The Hall–Kier alpha value is -3.04. The molecule has 1 heterocycles. The van der Waals surface area contributed by atoms with Crippen molar-refractivity contribution in [2.45, 2.75) is 24.8 Å². The number of likely N-dealkylation sites (N-methyl/N-ethyl adjacent to an activating group) is 2. The van der Waals surface area contributed by atoms with Crippen LogP contribution < -0.4 is 25.6 Å². The normalized spacial score (nSPS) is 20.1. The third-order valence-electron chi connectivity index (χ3n) is 6.47. The van der Waals surface area contributed by atoms with Crippen molar-refractivity contribution in [1.29, 1.82) is 0 Å². The average Bonchev–Trinajstić information content (AvgIpc) is 2.75. The highest BCUT2D eigenvalue weighted by Gasteiger charge is 2.56. The number of nitrogens with one attached hydrogen (secondary N) is 3. The van der Waals surface area contributed by atoms with Gasteiger partial charge in [-0.05, 0) is 51.4 Å². The molecule has 0 saturated heterocycles. The van der Waals surface area contributed by atoms with Crippen molar-refractivity contribution < 1.29 is 9.53 Å². The SMILES string of the molecule is C=CC(=O)Nc1cc(Nc2ncc(Cl)c(NC34CC(C3)C4)n2)c(OC)cc1N(C)CCN(C)C. The summed E-state index contributed by atoms with van der Waals surface area (Å²) in [6.45, 7) is 5.18. The van der Waals surface area contributed by atoms with Gasteiger partial charge in [0.25, 0.3) is 0 Å². The van der Waals surface area contributed by atoms with Crippen LogP contribution in [0.15, 0.2) is 31.0 Å². The Bertz CT molecular complexity index is 1070. The van der Waals surface area contributed by atoms with E-state index in [1.165, 1.54) is 25.3 Å². The number of nitrogens with zero attached hydrogens (tertiary/aromatic N) is 4. The minimum absolute atomic E-state index is 0.137. The minimum Gasteiger partial charge on any atom is -0.494 e. The average molecular weight is 486 g/mol. The van der Waals surface area contributed by atoms with Gasteiger partial charge in [-0.3, -0.25) is 4.79 Å². The Balaban J connectivity index is 1.62.